The Labute approximate surface area is 393 Å². The van der Waals surface area contributed by atoms with E-state index >= 15 is 0 Å². The number of aromatic amines is 1. The Bertz CT molecular complexity index is 2880. The zero-order valence-electron chi connectivity index (χ0n) is 36.2. The number of amides is 2. The van der Waals surface area contributed by atoms with Gasteiger partial charge in [0, 0.05) is 74.9 Å². The van der Waals surface area contributed by atoms with Crippen LogP contribution < -0.4 is 32.7 Å². The van der Waals surface area contributed by atoms with Crippen LogP contribution in [0.3, 0.4) is 0 Å². The second-order valence-corrected chi connectivity index (χ2v) is 17.9. The first-order valence-electron chi connectivity index (χ1n) is 22.4. The van der Waals surface area contributed by atoms with Crippen LogP contribution in [0.1, 0.15) is 88.9 Å². The molecule has 13 nitrogen and oxygen atoms in total. The summed E-state index contributed by atoms with van der Waals surface area (Å²) in [5, 5.41) is 15.3. The summed E-state index contributed by atoms with van der Waals surface area (Å²) in [5.41, 5.74) is 20.9. The molecular formula is C51H51Cl2N11O2. The summed E-state index contributed by atoms with van der Waals surface area (Å²) >= 11 is 12.9. The monoisotopic (exact) mass is 919 g/mol. The average molecular weight is 921 g/mol. The molecule has 2 amide bonds. The van der Waals surface area contributed by atoms with Crippen LogP contribution in [0.15, 0.2) is 122 Å². The number of nitrogens with zero attached hydrogens (tertiary/aromatic N) is 4. The number of hydrogen-bond donors (Lipinski definition) is 7. The van der Waals surface area contributed by atoms with E-state index in [0.29, 0.717) is 50.1 Å². The third-order valence-electron chi connectivity index (χ3n) is 12.5. The third-order valence-corrected chi connectivity index (χ3v) is 13.0. The molecule has 0 bridgehead atoms. The number of rotatable bonds is 10. The molecular weight excluding hydrogens is 870 g/mol. The summed E-state index contributed by atoms with van der Waals surface area (Å²) in [4.78, 5) is 46.8. The number of nitrogens with two attached hydrogens (primary N) is 2. The lowest BCUT2D eigenvalue weighted by molar-refractivity contribution is 0.0917. The molecule has 3 aliphatic rings. The summed E-state index contributed by atoms with van der Waals surface area (Å²) < 4.78 is 0. The van der Waals surface area contributed by atoms with Crippen LogP contribution in [-0.2, 0) is 6.42 Å². The van der Waals surface area contributed by atoms with E-state index < -0.39 is 0 Å². The molecule has 0 spiro atoms. The second-order valence-electron chi connectivity index (χ2n) is 17.1. The van der Waals surface area contributed by atoms with Gasteiger partial charge in [0.25, 0.3) is 11.8 Å². The van der Waals surface area contributed by atoms with Crippen molar-refractivity contribution in [1.29, 1.82) is 0 Å². The van der Waals surface area contributed by atoms with Gasteiger partial charge in [0.05, 0.1) is 33.8 Å². The normalized spacial score (nSPS) is 18.8. The molecule has 15 heteroatoms. The number of fused-ring (bicyclic) bond motifs is 2. The van der Waals surface area contributed by atoms with E-state index in [9.17, 15) is 9.59 Å². The number of halogens is 2. The molecule has 3 heterocycles. The number of aromatic nitrogens is 5. The second kappa shape index (κ2) is 20.1. The van der Waals surface area contributed by atoms with E-state index in [-0.39, 0.29) is 36.0 Å². The Morgan fingerprint density at radius 1 is 0.606 bits per heavy atom. The lowest BCUT2D eigenvalue weighted by Crippen LogP contribution is -2.42. The lowest BCUT2D eigenvalue weighted by Gasteiger charge is -2.30. The summed E-state index contributed by atoms with van der Waals surface area (Å²) in [7, 11) is 0. The highest BCUT2D eigenvalue weighted by atomic mass is 35.5. The van der Waals surface area contributed by atoms with E-state index in [1.165, 1.54) is 11.1 Å². The number of nitrogen functional groups attached to an aromatic ring is 2. The number of H-pyrrole nitrogens is 1. The molecule has 3 aliphatic carbocycles. The highest BCUT2D eigenvalue weighted by Gasteiger charge is 2.27. The predicted molar refractivity (Wildman–Crippen MR) is 265 cm³/mol. The molecule has 2 saturated carbocycles. The van der Waals surface area contributed by atoms with Crippen molar-refractivity contribution in [2.45, 2.75) is 82.0 Å². The fourth-order valence-corrected chi connectivity index (χ4v) is 9.49. The first kappa shape index (κ1) is 44.3. The molecule has 4 atom stereocenters. The number of carbonyl (C=O) groups is 2. The zero-order chi connectivity index (χ0) is 45.6. The van der Waals surface area contributed by atoms with Crippen LogP contribution in [-0.4, -0.2) is 60.9 Å². The Morgan fingerprint density at radius 3 is 1.73 bits per heavy atom. The van der Waals surface area contributed by atoms with Crippen molar-refractivity contribution in [2.75, 3.05) is 22.1 Å². The highest BCUT2D eigenvalue weighted by Crippen LogP contribution is 2.36. The van der Waals surface area contributed by atoms with Crippen LogP contribution in [0.2, 0.25) is 10.0 Å². The lowest BCUT2D eigenvalue weighted by atomic mass is 9.91. The summed E-state index contributed by atoms with van der Waals surface area (Å²) in [6, 6.07) is 30.9. The first-order chi connectivity index (χ1) is 32.1. The molecule has 10 rings (SSSR count). The third kappa shape index (κ3) is 10.4. The molecule has 3 aromatic heterocycles. The van der Waals surface area contributed by atoms with Gasteiger partial charge in [-0.3, -0.25) is 9.59 Å². The van der Waals surface area contributed by atoms with Crippen molar-refractivity contribution in [2.24, 2.45) is 0 Å². The molecule has 336 valence electrons. The Balaban J connectivity index is 0.000000166. The maximum absolute atomic E-state index is 12.6. The minimum absolute atomic E-state index is 0.0717. The van der Waals surface area contributed by atoms with E-state index in [2.05, 4.69) is 60.5 Å². The molecule has 0 saturated heterocycles. The van der Waals surface area contributed by atoms with Gasteiger partial charge in [-0.2, -0.15) is 0 Å². The van der Waals surface area contributed by atoms with Gasteiger partial charge in [0.1, 0.15) is 0 Å². The molecule has 9 N–H and O–H groups in total. The first-order valence-corrected chi connectivity index (χ1v) is 23.2. The van der Waals surface area contributed by atoms with Gasteiger partial charge in [-0.25, -0.2) is 19.9 Å². The molecule has 2 fully saturated rings. The van der Waals surface area contributed by atoms with Crippen molar-refractivity contribution in [3.05, 3.63) is 160 Å². The number of nitrogens with one attached hydrogen (secondary N) is 5. The van der Waals surface area contributed by atoms with E-state index in [4.69, 9.17) is 44.6 Å². The Kier molecular flexibility index (Phi) is 13.4. The van der Waals surface area contributed by atoms with E-state index in [0.717, 1.165) is 85.5 Å². The molecule has 7 aromatic rings. The van der Waals surface area contributed by atoms with Gasteiger partial charge in [0.15, 0.2) is 0 Å². The molecule has 0 unspecified atom stereocenters. The minimum Gasteiger partial charge on any atom is -0.399 e. The van der Waals surface area contributed by atoms with Gasteiger partial charge >= 0.3 is 0 Å². The van der Waals surface area contributed by atoms with Crippen LogP contribution in [0.25, 0.3) is 27.7 Å². The summed E-state index contributed by atoms with van der Waals surface area (Å²) in [5.74, 6) is 0.952. The van der Waals surface area contributed by atoms with Gasteiger partial charge in [-0.1, -0.05) is 71.7 Å². The van der Waals surface area contributed by atoms with Crippen molar-refractivity contribution in [1.82, 2.24) is 35.6 Å². The van der Waals surface area contributed by atoms with Gasteiger partial charge in [-0.15, -0.1) is 0 Å². The number of carbonyl (C=O) groups excluding carboxylic acids is 2. The molecule has 0 radical (unpaired) electrons. The van der Waals surface area contributed by atoms with Crippen molar-refractivity contribution >= 4 is 74.8 Å². The quantitative estimate of drug-likeness (QED) is 0.0648. The smallest absolute Gasteiger partial charge is 0.251 e. The number of hydrogen-bond acceptors (Lipinski definition) is 10. The Hall–Kier alpha value is -6.96. The van der Waals surface area contributed by atoms with Gasteiger partial charge < -0.3 is 37.7 Å². The number of anilines is 4. The van der Waals surface area contributed by atoms with E-state index in [1.807, 2.05) is 36.5 Å². The molecule has 66 heavy (non-hydrogen) atoms. The number of para-hydroxylation sites is 1. The highest BCUT2D eigenvalue weighted by molar-refractivity contribution is 6.33. The SMILES string of the molecule is Nc1ccc(C(=O)N[C@H]2CCC[C@@H](Nc3ncc(Cl)c(-c4c[nH]c5ccccc45)n3)C2)cc1.Nc1ccc(C(=O)N[C@H]2CCC[C@@H](Nc3ncc(Cl)c(C4=CCc5ccccc54)n3)C2)cc1. The zero-order valence-corrected chi connectivity index (χ0v) is 37.7. The fourth-order valence-electron chi connectivity index (χ4n) is 9.10. The predicted octanol–water partition coefficient (Wildman–Crippen LogP) is 9.87. The van der Waals surface area contributed by atoms with Crippen molar-refractivity contribution in [3.8, 4) is 11.3 Å². The number of allylic oxidation sites excluding steroid dienone is 1. The van der Waals surface area contributed by atoms with Crippen LogP contribution in [0.4, 0.5) is 23.3 Å². The van der Waals surface area contributed by atoms with Gasteiger partial charge in [0.2, 0.25) is 11.9 Å². The van der Waals surface area contributed by atoms with Gasteiger partial charge in [-0.05, 0) is 124 Å². The topological polar surface area (TPSA) is 202 Å². The van der Waals surface area contributed by atoms with Crippen LogP contribution in [0.5, 0.6) is 0 Å². The summed E-state index contributed by atoms with van der Waals surface area (Å²) in [6.07, 6.45) is 15.8. The van der Waals surface area contributed by atoms with Crippen LogP contribution >= 0.6 is 23.2 Å². The maximum Gasteiger partial charge on any atom is 0.251 e. The Morgan fingerprint density at radius 2 is 1.12 bits per heavy atom. The largest absolute Gasteiger partial charge is 0.399 e. The van der Waals surface area contributed by atoms with Crippen molar-refractivity contribution < 1.29 is 9.59 Å². The average Bonchev–Trinajstić information content (AvgIpc) is 3.96. The van der Waals surface area contributed by atoms with Crippen LogP contribution in [0, 0.1) is 0 Å². The van der Waals surface area contributed by atoms with E-state index in [1.54, 1.807) is 60.9 Å². The molecule has 0 aliphatic heterocycles. The summed E-state index contributed by atoms with van der Waals surface area (Å²) in [6.45, 7) is 0. The molecule has 4 aromatic carbocycles. The standard InChI is InChI=1S/C26H26ClN5O.C25H25ClN6O/c27-23-15-29-26(32-24(23)22-13-10-16-4-1-2-7-21(16)22)31-20-6-3-5-19(14-20)30-25(33)17-8-11-18(28)12-9-17;26-21-14-29-25(32-23(21)20-13-28-22-7-2-1-6-19(20)22)31-18-5-3-4-17(12-18)30-24(33)15-8-10-16(27)11-9-15/h1-2,4,7-9,11-13,15,19-20H,3,5-6,10,14,28H2,(H,30,33)(H,29,31,32);1-2,6-11,13-14,17-18,28H,3-5,12,27H2,(H,30,33)(H,29,31,32)/t19-,20+;17-,18+/m00/s1. The van der Waals surface area contributed by atoms with Crippen molar-refractivity contribution in [3.63, 3.8) is 0 Å². The minimum atomic E-state index is -0.0787. The number of benzene rings is 4. The fraction of sp³-hybridized carbons (Fsp3) is 0.255. The maximum atomic E-state index is 12.6.